The van der Waals surface area contributed by atoms with Crippen LogP contribution in [0.4, 0.5) is 4.79 Å². The van der Waals surface area contributed by atoms with Crippen LogP contribution in [-0.4, -0.2) is 35.6 Å². The molecule has 0 radical (unpaired) electrons. The van der Waals surface area contributed by atoms with Crippen molar-refractivity contribution in [2.75, 3.05) is 13.7 Å². The van der Waals surface area contributed by atoms with Gasteiger partial charge in [-0.3, -0.25) is 4.79 Å². The molecule has 0 saturated heterocycles. The van der Waals surface area contributed by atoms with Crippen molar-refractivity contribution in [1.29, 1.82) is 0 Å². The first-order valence-electron chi connectivity index (χ1n) is 11.8. The van der Waals surface area contributed by atoms with Crippen LogP contribution < -0.4 is 15.6 Å². The third kappa shape index (κ3) is 5.95. The summed E-state index contributed by atoms with van der Waals surface area (Å²) < 4.78 is 5.33. The molecule has 0 atom stereocenters. The fraction of sp³-hybridized carbons (Fsp3) is 0.407. The van der Waals surface area contributed by atoms with Crippen molar-refractivity contribution in [3.05, 3.63) is 75.6 Å². The van der Waals surface area contributed by atoms with Gasteiger partial charge in [0.05, 0.1) is 13.7 Å². The van der Waals surface area contributed by atoms with E-state index in [1.54, 1.807) is 12.0 Å². The quantitative estimate of drug-likeness (QED) is 0.539. The molecule has 0 spiro atoms. The number of aromatic amines is 1. The highest BCUT2D eigenvalue weighted by Gasteiger charge is 2.21. The number of fused-ring (bicyclic) bond motifs is 1. The molecular formula is C27H33N3O3. The van der Waals surface area contributed by atoms with E-state index in [0.717, 1.165) is 48.8 Å². The van der Waals surface area contributed by atoms with Gasteiger partial charge < -0.3 is 19.9 Å². The number of H-pyrrole nitrogens is 1. The summed E-state index contributed by atoms with van der Waals surface area (Å²) in [5, 5.41) is 4.10. The molecule has 1 saturated carbocycles. The van der Waals surface area contributed by atoms with Gasteiger partial charge in [-0.1, -0.05) is 49.1 Å². The Kier molecular flexibility index (Phi) is 7.33. The van der Waals surface area contributed by atoms with Gasteiger partial charge in [-0.25, -0.2) is 4.79 Å². The van der Waals surface area contributed by atoms with Crippen LogP contribution in [0.15, 0.2) is 53.3 Å². The second-order valence-electron chi connectivity index (χ2n) is 9.02. The number of ether oxygens (including phenoxy) is 1. The molecule has 3 aromatic rings. The van der Waals surface area contributed by atoms with Crippen LogP contribution in [0.25, 0.3) is 10.9 Å². The van der Waals surface area contributed by atoms with E-state index in [-0.39, 0.29) is 24.2 Å². The fourth-order valence-corrected chi connectivity index (χ4v) is 4.58. The molecule has 0 bridgehead atoms. The molecule has 1 heterocycles. The average Bonchev–Trinajstić information content (AvgIpc) is 2.82. The predicted molar refractivity (Wildman–Crippen MR) is 132 cm³/mol. The number of aryl methyl sites for hydroxylation is 1. The summed E-state index contributed by atoms with van der Waals surface area (Å²) in [4.78, 5) is 30.8. The van der Waals surface area contributed by atoms with Crippen molar-refractivity contribution in [2.24, 2.45) is 0 Å². The zero-order valence-electron chi connectivity index (χ0n) is 19.5. The third-order valence-corrected chi connectivity index (χ3v) is 6.46. The topological polar surface area (TPSA) is 74.4 Å². The maximum Gasteiger partial charge on any atom is 0.317 e. The van der Waals surface area contributed by atoms with E-state index in [0.29, 0.717) is 12.1 Å². The Morgan fingerprint density at radius 3 is 2.70 bits per heavy atom. The first kappa shape index (κ1) is 22.9. The van der Waals surface area contributed by atoms with E-state index in [1.165, 1.54) is 17.5 Å². The molecule has 33 heavy (non-hydrogen) atoms. The van der Waals surface area contributed by atoms with E-state index in [9.17, 15) is 9.59 Å². The molecule has 1 aliphatic rings. The van der Waals surface area contributed by atoms with Gasteiger partial charge in [0, 0.05) is 29.1 Å². The lowest BCUT2D eigenvalue weighted by Crippen LogP contribution is -2.46. The first-order chi connectivity index (χ1) is 16.0. The van der Waals surface area contributed by atoms with Gasteiger partial charge in [-0.05, 0) is 56.0 Å². The summed E-state index contributed by atoms with van der Waals surface area (Å²) >= 11 is 0. The number of urea groups is 1. The summed E-state index contributed by atoms with van der Waals surface area (Å²) in [7, 11) is 1.62. The molecule has 4 rings (SSSR count). The minimum atomic E-state index is -0.168. The van der Waals surface area contributed by atoms with Gasteiger partial charge in [-0.15, -0.1) is 0 Å². The Bertz CT molecular complexity index is 1160. The largest absolute Gasteiger partial charge is 0.497 e. The number of methoxy groups -OCH3 is 1. The van der Waals surface area contributed by atoms with Crippen molar-refractivity contribution in [3.63, 3.8) is 0 Å². The number of carbonyl (C=O) groups excluding carboxylic acids is 1. The lowest BCUT2D eigenvalue weighted by molar-refractivity contribution is 0.187. The standard InChI is InChI=1S/C27H33N3O3/c1-19-7-6-8-20(15-19)13-14-30(27(32)28-23-9-4-3-5-10-23)18-22-16-21-17-24(33-2)11-12-25(21)29-26(22)31/h6-8,11-12,15-17,23H,3-5,9-10,13-14,18H2,1-2H3,(H,28,32)(H,29,31). The van der Waals surface area contributed by atoms with Crippen molar-refractivity contribution in [3.8, 4) is 5.75 Å². The van der Waals surface area contributed by atoms with Crippen LogP contribution in [0, 0.1) is 6.92 Å². The number of pyridine rings is 1. The van der Waals surface area contributed by atoms with E-state index in [4.69, 9.17) is 4.74 Å². The molecule has 2 aromatic carbocycles. The molecule has 0 aliphatic heterocycles. The minimum Gasteiger partial charge on any atom is -0.497 e. The minimum absolute atomic E-state index is 0.0975. The molecule has 0 unspecified atom stereocenters. The second-order valence-corrected chi connectivity index (χ2v) is 9.02. The summed E-state index contributed by atoms with van der Waals surface area (Å²) in [5.74, 6) is 0.729. The lowest BCUT2D eigenvalue weighted by Gasteiger charge is -2.28. The van der Waals surface area contributed by atoms with Gasteiger partial charge in [0.15, 0.2) is 0 Å². The van der Waals surface area contributed by atoms with Crippen LogP contribution in [-0.2, 0) is 13.0 Å². The van der Waals surface area contributed by atoms with Gasteiger partial charge >= 0.3 is 6.03 Å². The molecule has 1 fully saturated rings. The highest BCUT2D eigenvalue weighted by atomic mass is 16.5. The monoisotopic (exact) mass is 447 g/mol. The van der Waals surface area contributed by atoms with Gasteiger partial charge in [0.2, 0.25) is 0 Å². The Labute approximate surface area is 195 Å². The molecule has 174 valence electrons. The van der Waals surface area contributed by atoms with Crippen LogP contribution in [0.3, 0.4) is 0 Å². The van der Waals surface area contributed by atoms with E-state index >= 15 is 0 Å². The molecule has 2 N–H and O–H groups in total. The average molecular weight is 448 g/mol. The molecule has 6 nitrogen and oxygen atoms in total. The van der Waals surface area contributed by atoms with Gasteiger partial charge in [0.1, 0.15) is 5.75 Å². The third-order valence-electron chi connectivity index (χ3n) is 6.46. The molecule has 1 aromatic heterocycles. The number of aromatic nitrogens is 1. The highest BCUT2D eigenvalue weighted by Crippen LogP contribution is 2.20. The van der Waals surface area contributed by atoms with E-state index in [1.807, 2.05) is 30.3 Å². The van der Waals surface area contributed by atoms with Crippen LogP contribution in [0.2, 0.25) is 0 Å². The second kappa shape index (κ2) is 10.6. The van der Waals surface area contributed by atoms with Crippen molar-refractivity contribution in [2.45, 2.75) is 58.0 Å². The number of amides is 2. The lowest BCUT2D eigenvalue weighted by atomic mass is 9.96. The smallest absolute Gasteiger partial charge is 0.317 e. The van der Waals surface area contributed by atoms with Crippen LogP contribution in [0.1, 0.15) is 48.8 Å². The highest BCUT2D eigenvalue weighted by molar-refractivity contribution is 5.81. The van der Waals surface area contributed by atoms with E-state index < -0.39 is 0 Å². The van der Waals surface area contributed by atoms with Crippen molar-refractivity contribution in [1.82, 2.24) is 15.2 Å². The molecule has 2 amide bonds. The fourth-order valence-electron chi connectivity index (χ4n) is 4.58. The normalized spacial score (nSPS) is 14.2. The van der Waals surface area contributed by atoms with E-state index in [2.05, 4.69) is 35.4 Å². The SMILES string of the molecule is COc1ccc2[nH]c(=O)c(CN(CCc3cccc(C)c3)C(=O)NC3CCCCC3)cc2c1. The Hall–Kier alpha value is -3.28. The number of nitrogens with one attached hydrogen (secondary N) is 2. The number of hydrogen-bond acceptors (Lipinski definition) is 3. The summed E-state index contributed by atoms with van der Waals surface area (Å²) in [6, 6.07) is 15.9. The van der Waals surface area contributed by atoms with Crippen molar-refractivity contribution >= 4 is 16.9 Å². The van der Waals surface area contributed by atoms with Gasteiger partial charge in [-0.2, -0.15) is 0 Å². The zero-order chi connectivity index (χ0) is 23.2. The van der Waals surface area contributed by atoms with Gasteiger partial charge in [0.25, 0.3) is 5.56 Å². The number of carbonyl (C=O) groups is 1. The Balaban J connectivity index is 1.56. The molecule has 1 aliphatic carbocycles. The Morgan fingerprint density at radius 1 is 1.12 bits per heavy atom. The summed E-state index contributed by atoms with van der Waals surface area (Å²) in [6.45, 7) is 2.87. The number of rotatable bonds is 7. The maximum absolute atomic E-state index is 13.3. The Morgan fingerprint density at radius 2 is 1.94 bits per heavy atom. The molecule has 6 heteroatoms. The van der Waals surface area contributed by atoms with Crippen LogP contribution in [0.5, 0.6) is 5.75 Å². The van der Waals surface area contributed by atoms with Crippen LogP contribution >= 0.6 is 0 Å². The number of hydrogen-bond donors (Lipinski definition) is 2. The summed E-state index contributed by atoms with van der Waals surface area (Å²) in [5.41, 5.74) is 3.54. The maximum atomic E-state index is 13.3. The number of nitrogens with zero attached hydrogens (tertiary/aromatic N) is 1. The molecular weight excluding hydrogens is 414 g/mol. The summed E-state index contributed by atoms with van der Waals surface area (Å²) in [6.07, 6.45) is 6.32. The number of benzene rings is 2. The first-order valence-corrected chi connectivity index (χ1v) is 11.8. The zero-order valence-corrected chi connectivity index (χ0v) is 19.5. The predicted octanol–water partition coefficient (Wildman–Crippen LogP) is 4.93. The van der Waals surface area contributed by atoms with Crippen molar-refractivity contribution < 1.29 is 9.53 Å².